The second-order valence-corrected chi connectivity index (χ2v) is 5.19. The van der Waals surface area contributed by atoms with Gasteiger partial charge in [-0.15, -0.1) is 0 Å². The summed E-state index contributed by atoms with van der Waals surface area (Å²) in [5, 5.41) is 9.08. The molecule has 0 saturated heterocycles. The van der Waals surface area contributed by atoms with E-state index in [1.165, 1.54) is 16.7 Å². The highest BCUT2D eigenvalue weighted by atomic mass is 15.1. The van der Waals surface area contributed by atoms with Crippen molar-refractivity contribution in [3.8, 4) is 6.07 Å². The van der Waals surface area contributed by atoms with Gasteiger partial charge in [-0.1, -0.05) is 60.2 Å². The normalized spacial score (nSPS) is 12.1. The van der Waals surface area contributed by atoms with Crippen LogP contribution in [0.5, 0.6) is 0 Å². The summed E-state index contributed by atoms with van der Waals surface area (Å²) in [6.07, 6.45) is 0.506. The van der Waals surface area contributed by atoms with Crippen molar-refractivity contribution in [1.29, 1.82) is 5.26 Å². The van der Waals surface area contributed by atoms with Crippen molar-refractivity contribution in [1.82, 2.24) is 4.90 Å². The van der Waals surface area contributed by atoms with Crippen LogP contribution in [0.15, 0.2) is 54.6 Å². The van der Waals surface area contributed by atoms with Crippen molar-refractivity contribution in [2.45, 2.75) is 25.9 Å². The molecule has 0 aromatic heterocycles. The molecule has 2 aromatic carbocycles. The first kappa shape index (κ1) is 14.3. The molecule has 0 amide bonds. The zero-order chi connectivity index (χ0) is 14.4. The van der Waals surface area contributed by atoms with Crippen LogP contribution >= 0.6 is 0 Å². The van der Waals surface area contributed by atoms with Crippen LogP contribution in [0.1, 0.15) is 29.2 Å². The summed E-state index contributed by atoms with van der Waals surface area (Å²) in [6.45, 7) is 2.95. The molecule has 0 saturated carbocycles. The van der Waals surface area contributed by atoms with Gasteiger partial charge in [0, 0.05) is 12.6 Å². The Balaban J connectivity index is 2.16. The van der Waals surface area contributed by atoms with Crippen molar-refractivity contribution in [2.75, 3.05) is 7.05 Å². The fourth-order valence-electron chi connectivity index (χ4n) is 2.50. The lowest BCUT2D eigenvalue weighted by Gasteiger charge is -2.26. The standard InChI is InChI=1S/C18H20N2/c1-15-7-6-8-16(13-15)14-20(2)18(11-12-19)17-9-4-3-5-10-17/h3-10,13,18H,11,14H2,1-2H3. The van der Waals surface area contributed by atoms with Gasteiger partial charge in [0.15, 0.2) is 0 Å². The minimum atomic E-state index is 0.140. The molecule has 102 valence electrons. The van der Waals surface area contributed by atoms with Crippen LogP contribution in [0.4, 0.5) is 0 Å². The summed E-state index contributed by atoms with van der Waals surface area (Å²) in [5.74, 6) is 0. The summed E-state index contributed by atoms with van der Waals surface area (Å²) >= 11 is 0. The summed E-state index contributed by atoms with van der Waals surface area (Å²) in [4.78, 5) is 2.24. The van der Waals surface area contributed by atoms with E-state index in [1.54, 1.807) is 0 Å². The Morgan fingerprint density at radius 3 is 2.50 bits per heavy atom. The Bertz CT molecular complexity index is 584. The van der Waals surface area contributed by atoms with Gasteiger partial charge in [-0.3, -0.25) is 4.90 Å². The maximum absolute atomic E-state index is 9.08. The number of hydrogen-bond acceptors (Lipinski definition) is 2. The van der Waals surface area contributed by atoms with E-state index >= 15 is 0 Å². The highest BCUT2D eigenvalue weighted by molar-refractivity contribution is 5.24. The van der Waals surface area contributed by atoms with E-state index in [1.807, 2.05) is 18.2 Å². The van der Waals surface area contributed by atoms with E-state index in [4.69, 9.17) is 5.26 Å². The number of nitrogens with zero attached hydrogens (tertiary/aromatic N) is 2. The fraction of sp³-hybridized carbons (Fsp3) is 0.278. The molecule has 2 aromatic rings. The van der Waals surface area contributed by atoms with E-state index in [0.29, 0.717) is 6.42 Å². The lowest BCUT2D eigenvalue weighted by molar-refractivity contribution is 0.239. The Labute approximate surface area is 121 Å². The third kappa shape index (κ3) is 3.69. The van der Waals surface area contributed by atoms with Crippen molar-refractivity contribution >= 4 is 0 Å². The SMILES string of the molecule is Cc1cccc(CN(C)C(CC#N)c2ccccc2)c1. The highest BCUT2D eigenvalue weighted by Gasteiger charge is 2.16. The van der Waals surface area contributed by atoms with Crippen LogP contribution in [0, 0.1) is 18.3 Å². The van der Waals surface area contributed by atoms with Gasteiger partial charge >= 0.3 is 0 Å². The molecular formula is C18H20N2. The molecule has 0 spiro atoms. The number of aryl methyl sites for hydroxylation is 1. The minimum Gasteiger partial charge on any atom is -0.294 e. The molecular weight excluding hydrogens is 244 g/mol. The fourth-order valence-corrected chi connectivity index (χ4v) is 2.50. The molecule has 1 unspecified atom stereocenters. The predicted molar refractivity (Wildman–Crippen MR) is 82.1 cm³/mol. The lowest BCUT2D eigenvalue weighted by atomic mass is 10.0. The minimum absolute atomic E-state index is 0.140. The molecule has 0 bridgehead atoms. The van der Waals surface area contributed by atoms with Gasteiger partial charge in [0.2, 0.25) is 0 Å². The first-order valence-electron chi connectivity index (χ1n) is 6.88. The van der Waals surface area contributed by atoms with Gasteiger partial charge < -0.3 is 0 Å². The van der Waals surface area contributed by atoms with Gasteiger partial charge in [0.25, 0.3) is 0 Å². The second-order valence-electron chi connectivity index (χ2n) is 5.19. The Hall–Kier alpha value is -2.11. The van der Waals surface area contributed by atoms with Crippen LogP contribution in [-0.4, -0.2) is 11.9 Å². The summed E-state index contributed by atoms with van der Waals surface area (Å²) in [7, 11) is 2.08. The first-order chi connectivity index (χ1) is 9.70. The Kier molecular flexibility index (Phi) is 4.92. The Morgan fingerprint density at radius 1 is 1.10 bits per heavy atom. The van der Waals surface area contributed by atoms with E-state index in [9.17, 15) is 0 Å². The second kappa shape index (κ2) is 6.88. The molecule has 0 aliphatic carbocycles. The van der Waals surface area contributed by atoms with Crippen LogP contribution in [0.3, 0.4) is 0 Å². The lowest BCUT2D eigenvalue weighted by Crippen LogP contribution is -2.24. The van der Waals surface area contributed by atoms with E-state index < -0.39 is 0 Å². The molecule has 2 nitrogen and oxygen atoms in total. The smallest absolute Gasteiger partial charge is 0.0641 e. The number of nitriles is 1. The van der Waals surface area contributed by atoms with Crippen LogP contribution in [0.25, 0.3) is 0 Å². The molecule has 1 atom stereocenters. The maximum Gasteiger partial charge on any atom is 0.0641 e. The van der Waals surface area contributed by atoms with Crippen molar-refractivity contribution in [3.63, 3.8) is 0 Å². The van der Waals surface area contributed by atoms with Crippen LogP contribution in [0.2, 0.25) is 0 Å². The third-order valence-electron chi connectivity index (χ3n) is 3.52. The number of rotatable bonds is 5. The molecule has 0 fully saturated rings. The van der Waals surface area contributed by atoms with Gasteiger partial charge in [-0.05, 0) is 25.1 Å². The summed E-state index contributed by atoms with van der Waals surface area (Å²) < 4.78 is 0. The van der Waals surface area contributed by atoms with Gasteiger partial charge in [-0.2, -0.15) is 5.26 Å². The quantitative estimate of drug-likeness (QED) is 0.813. The molecule has 2 heteroatoms. The largest absolute Gasteiger partial charge is 0.294 e. The molecule has 0 N–H and O–H groups in total. The Morgan fingerprint density at radius 2 is 1.85 bits per heavy atom. The molecule has 0 radical (unpaired) electrons. The van der Waals surface area contributed by atoms with Crippen LogP contribution in [-0.2, 0) is 6.54 Å². The van der Waals surface area contributed by atoms with Gasteiger partial charge in [0.1, 0.15) is 0 Å². The van der Waals surface area contributed by atoms with E-state index in [-0.39, 0.29) is 6.04 Å². The highest BCUT2D eigenvalue weighted by Crippen LogP contribution is 2.24. The van der Waals surface area contributed by atoms with Crippen molar-refractivity contribution < 1.29 is 0 Å². The third-order valence-corrected chi connectivity index (χ3v) is 3.52. The average Bonchev–Trinajstić information content (AvgIpc) is 2.45. The average molecular weight is 264 g/mol. The molecule has 0 aliphatic rings. The maximum atomic E-state index is 9.08. The van der Waals surface area contributed by atoms with Crippen LogP contribution < -0.4 is 0 Å². The molecule has 2 rings (SSSR count). The topological polar surface area (TPSA) is 27.0 Å². The van der Waals surface area contributed by atoms with Crippen molar-refractivity contribution in [3.05, 3.63) is 71.3 Å². The number of hydrogen-bond donors (Lipinski definition) is 0. The molecule has 0 heterocycles. The number of benzene rings is 2. The van der Waals surface area contributed by atoms with E-state index in [2.05, 4.69) is 61.3 Å². The zero-order valence-electron chi connectivity index (χ0n) is 12.1. The zero-order valence-corrected chi connectivity index (χ0v) is 12.1. The predicted octanol–water partition coefficient (Wildman–Crippen LogP) is 4.08. The van der Waals surface area contributed by atoms with Gasteiger partial charge in [-0.25, -0.2) is 0 Å². The van der Waals surface area contributed by atoms with E-state index in [0.717, 1.165) is 6.54 Å². The van der Waals surface area contributed by atoms with Gasteiger partial charge in [0.05, 0.1) is 12.5 Å². The summed E-state index contributed by atoms with van der Waals surface area (Å²) in [5.41, 5.74) is 3.75. The molecule has 0 aliphatic heterocycles. The first-order valence-corrected chi connectivity index (χ1v) is 6.88. The molecule has 20 heavy (non-hydrogen) atoms. The van der Waals surface area contributed by atoms with Crippen molar-refractivity contribution in [2.24, 2.45) is 0 Å². The summed E-state index contributed by atoms with van der Waals surface area (Å²) in [6, 6.07) is 21.2. The monoisotopic (exact) mass is 264 g/mol.